The Bertz CT molecular complexity index is 1130. The second kappa shape index (κ2) is 7.40. The number of benzene rings is 4. The first-order valence-electron chi connectivity index (χ1n) is 10.3. The zero-order valence-electron chi connectivity index (χ0n) is 17.2. The van der Waals surface area contributed by atoms with Crippen molar-refractivity contribution in [3.8, 4) is 0 Å². The molecule has 0 aromatic heterocycles. The Hall–Kier alpha value is -2.50. The van der Waals surface area contributed by atoms with Gasteiger partial charge in [0.25, 0.3) is 0 Å². The second-order valence-electron chi connectivity index (χ2n) is 8.03. The fourth-order valence-corrected chi connectivity index (χ4v) is 10.6. The third-order valence-corrected chi connectivity index (χ3v) is 11.5. The van der Waals surface area contributed by atoms with Crippen molar-refractivity contribution < 1.29 is 0 Å². The molecule has 0 nitrogen and oxygen atoms in total. The first-order valence-corrected chi connectivity index (χ1v) is 13.1. The topological polar surface area (TPSA) is 0 Å². The van der Waals surface area contributed by atoms with Crippen LogP contribution in [0.5, 0.6) is 0 Å². The molecule has 0 unspecified atom stereocenters. The molecule has 0 N–H and O–H groups in total. The number of hydrogen-bond acceptors (Lipinski definition) is 0. The maximum atomic E-state index is 2.39. The first-order chi connectivity index (χ1) is 14.1. The Morgan fingerprint density at radius 3 is 1.62 bits per heavy atom. The van der Waals surface area contributed by atoms with Gasteiger partial charge < -0.3 is 0 Å². The molecule has 0 saturated carbocycles. The third-order valence-electron chi connectivity index (χ3n) is 6.02. The fourth-order valence-electron chi connectivity index (χ4n) is 4.98. The Morgan fingerprint density at radius 1 is 0.586 bits per heavy atom. The van der Waals surface area contributed by atoms with Crippen LogP contribution in [-0.4, -0.2) is 21.4 Å². The van der Waals surface area contributed by atoms with Crippen LogP contribution in [0.2, 0.25) is 0 Å². The summed E-state index contributed by atoms with van der Waals surface area (Å²) in [6.45, 7) is 7.08. The summed E-state index contributed by atoms with van der Waals surface area (Å²) in [5.41, 5.74) is 8.64. The van der Waals surface area contributed by atoms with Crippen LogP contribution in [0.1, 0.15) is 16.7 Å². The van der Waals surface area contributed by atoms with Crippen LogP contribution in [0.3, 0.4) is 0 Å². The van der Waals surface area contributed by atoms with E-state index in [9.17, 15) is 0 Å². The summed E-state index contributed by atoms with van der Waals surface area (Å²) in [5, 5.41) is 0. The van der Waals surface area contributed by atoms with Crippen LogP contribution in [0.15, 0.2) is 91.0 Å². The van der Waals surface area contributed by atoms with Crippen molar-refractivity contribution in [2.75, 3.05) is 0 Å². The molecule has 1 aliphatic rings. The van der Waals surface area contributed by atoms with Crippen LogP contribution >= 0.6 is 0 Å². The second-order valence-corrected chi connectivity index (χ2v) is 12.5. The molecule has 140 valence electrons. The Balaban J connectivity index is 1.83. The molecule has 0 bridgehead atoms. The molecular formula is C27H24AsB. The quantitative estimate of drug-likeness (QED) is 0.373. The van der Waals surface area contributed by atoms with Gasteiger partial charge in [-0.05, 0) is 0 Å². The summed E-state index contributed by atoms with van der Waals surface area (Å²) in [6, 6.07) is 34.3. The summed E-state index contributed by atoms with van der Waals surface area (Å²) in [5.74, 6) is 0. The van der Waals surface area contributed by atoms with Crippen molar-refractivity contribution in [1.82, 2.24) is 0 Å². The van der Waals surface area contributed by atoms with Crippen molar-refractivity contribution >= 4 is 50.8 Å². The van der Waals surface area contributed by atoms with Gasteiger partial charge in [0.1, 0.15) is 0 Å². The predicted octanol–water partition coefficient (Wildman–Crippen LogP) is 1.96. The SMILES string of the molecule is Cc1cc(C)c(B2c3ccccc3[As](c3ccccc3)c3ccccc32)c(C)c1. The molecule has 5 rings (SSSR count). The molecule has 1 heterocycles. The molecule has 0 amide bonds. The summed E-state index contributed by atoms with van der Waals surface area (Å²) in [4.78, 5) is 0. The fraction of sp³-hybridized carbons (Fsp3) is 0.111. The molecule has 0 saturated heterocycles. The molecule has 4 aromatic carbocycles. The van der Waals surface area contributed by atoms with Gasteiger partial charge in [0, 0.05) is 0 Å². The molecular weight excluding hydrogens is 410 g/mol. The van der Waals surface area contributed by atoms with E-state index in [1.807, 2.05) is 0 Å². The molecule has 1 aliphatic heterocycles. The Morgan fingerprint density at radius 2 is 1.07 bits per heavy atom. The zero-order chi connectivity index (χ0) is 20.0. The van der Waals surface area contributed by atoms with Crippen molar-refractivity contribution in [3.05, 3.63) is 108 Å². The van der Waals surface area contributed by atoms with Crippen molar-refractivity contribution in [2.24, 2.45) is 0 Å². The van der Waals surface area contributed by atoms with E-state index in [0.29, 0.717) is 6.71 Å². The van der Waals surface area contributed by atoms with Crippen LogP contribution < -0.4 is 29.4 Å². The van der Waals surface area contributed by atoms with Gasteiger partial charge >= 0.3 is 179 Å². The van der Waals surface area contributed by atoms with Crippen molar-refractivity contribution in [3.63, 3.8) is 0 Å². The number of hydrogen-bond donors (Lipinski definition) is 0. The summed E-state index contributed by atoms with van der Waals surface area (Å²) in [6.07, 6.45) is 0. The minimum absolute atomic E-state index is 0.317. The number of rotatable bonds is 2. The third kappa shape index (κ3) is 3.09. The van der Waals surface area contributed by atoms with Crippen LogP contribution in [0.4, 0.5) is 0 Å². The van der Waals surface area contributed by atoms with E-state index in [-0.39, 0.29) is 0 Å². The van der Waals surface area contributed by atoms with E-state index in [4.69, 9.17) is 0 Å². The summed E-state index contributed by atoms with van der Waals surface area (Å²) in [7, 11) is 0. The standard InChI is InChI=1S/C27H24AsB/c1-19-17-20(2)27(21(3)18-19)29-25-15-9-7-13-23(25)28(22-11-5-4-6-12-22)24-14-8-10-16-26(24)29/h4-18H,1-3H3. The van der Waals surface area contributed by atoms with Gasteiger partial charge in [0.15, 0.2) is 0 Å². The van der Waals surface area contributed by atoms with E-state index in [2.05, 4.69) is 112 Å². The number of aryl methyl sites for hydroxylation is 3. The van der Waals surface area contributed by atoms with Gasteiger partial charge in [0.2, 0.25) is 0 Å². The van der Waals surface area contributed by atoms with E-state index in [0.717, 1.165) is 0 Å². The van der Waals surface area contributed by atoms with Crippen LogP contribution in [0.25, 0.3) is 0 Å². The van der Waals surface area contributed by atoms with Gasteiger partial charge in [0.05, 0.1) is 0 Å². The molecule has 4 aromatic rings. The first kappa shape index (κ1) is 18.5. The molecule has 0 fully saturated rings. The van der Waals surface area contributed by atoms with Gasteiger partial charge in [-0.2, -0.15) is 0 Å². The Labute approximate surface area is 179 Å². The molecule has 0 aliphatic carbocycles. The molecule has 2 heteroatoms. The van der Waals surface area contributed by atoms with Gasteiger partial charge in [-0.1, -0.05) is 0 Å². The van der Waals surface area contributed by atoms with Crippen LogP contribution in [0, 0.1) is 20.8 Å². The van der Waals surface area contributed by atoms with Crippen LogP contribution in [-0.2, 0) is 0 Å². The van der Waals surface area contributed by atoms with E-state index in [1.165, 1.54) is 37.4 Å². The minimum atomic E-state index is -1.57. The molecule has 0 atom stereocenters. The van der Waals surface area contributed by atoms with Gasteiger partial charge in [-0.3, -0.25) is 0 Å². The zero-order valence-corrected chi connectivity index (χ0v) is 19.1. The average molecular weight is 434 g/mol. The van der Waals surface area contributed by atoms with E-state index in [1.54, 1.807) is 8.70 Å². The van der Waals surface area contributed by atoms with E-state index >= 15 is 0 Å². The predicted molar refractivity (Wildman–Crippen MR) is 129 cm³/mol. The van der Waals surface area contributed by atoms with Crippen molar-refractivity contribution in [1.29, 1.82) is 0 Å². The average Bonchev–Trinajstić information content (AvgIpc) is 2.73. The van der Waals surface area contributed by atoms with Gasteiger partial charge in [-0.15, -0.1) is 0 Å². The monoisotopic (exact) mass is 434 g/mol. The summed E-state index contributed by atoms with van der Waals surface area (Å²) < 4.78 is 4.67. The normalized spacial score (nSPS) is 13.1. The number of fused-ring (bicyclic) bond motifs is 2. The molecule has 29 heavy (non-hydrogen) atoms. The summed E-state index contributed by atoms with van der Waals surface area (Å²) >= 11 is -1.57. The molecule has 0 spiro atoms. The maximum absolute atomic E-state index is 2.39. The molecule has 0 radical (unpaired) electrons. The van der Waals surface area contributed by atoms with Gasteiger partial charge in [-0.25, -0.2) is 0 Å². The van der Waals surface area contributed by atoms with E-state index < -0.39 is 14.7 Å². The van der Waals surface area contributed by atoms with Crippen molar-refractivity contribution in [2.45, 2.75) is 20.8 Å². The Kier molecular flexibility index (Phi) is 4.72.